The summed E-state index contributed by atoms with van der Waals surface area (Å²) in [5.74, 6) is -2.82. The Kier molecular flexibility index (Phi) is 10.5. The SMILES string of the molecule is CC(NC(=O)C(Cc1ccc(O)cc1)NC(=O)C(N)CCCN=C(N)N)C(=O)N1CCCC1C(=O)O. The van der Waals surface area contributed by atoms with E-state index in [1.807, 2.05) is 0 Å². The first kappa shape index (κ1) is 28.4. The van der Waals surface area contributed by atoms with Crippen molar-refractivity contribution in [1.82, 2.24) is 15.5 Å². The molecule has 3 amide bonds. The number of nitrogens with zero attached hydrogens (tertiary/aromatic N) is 2. The van der Waals surface area contributed by atoms with Gasteiger partial charge in [0.15, 0.2) is 5.96 Å². The van der Waals surface area contributed by atoms with Crippen LogP contribution >= 0.6 is 0 Å². The summed E-state index contributed by atoms with van der Waals surface area (Å²) in [5.41, 5.74) is 17.2. The molecule has 10 N–H and O–H groups in total. The summed E-state index contributed by atoms with van der Waals surface area (Å²) in [5, 5.41) is 24.1. The van der Waals surface area contributed by atoms with Gasteiger partial charge in [0.2, 0.25) is 17.7 Å². The van der Waals surface area contributed by atoms with E-state index in [2.05, 4.69) is 15.6 Å². The summed E-state index contributed by atoms with van der Waals surface area (Å²) >= 11 is 0. The van der Waals surface area contributed by atoms with E-state index in [9.17, 15) is 29.4 Å². The van der Waals surface area contributed by atoms with Crippen molar-refractivity contribution in [2.24, 2.45) is 22.2 Å². The van der Waals surface area contributed by atoms with Gasteiger partial charge in [0.25, 0.3) is 0 Å². The first-order valence-electron chi connectivity index (χ1n) is 11.7. The number of hydrogen-bond donors (Lipinski definition) is 7. The molecule has 1 heterocycles. The molecule has 1 aromatic rings. The minimum atomic E-state index is -1.09. The van der Waals surface area contributed by atoms with Crippen molar-refractivity contribution in [2.75, 3.05) is 13.1 Å². The van der Waals surface area contributed by atoms with E-state index in [1.54, 1.807) is 12.1 Å². The van der Waals surface area contributed by atoms with Crippen molar-refractivity contribution >= 4 is 29.7 Å². The summed E-state index contributed by atoms with van der Waals surface area (Å²) in [6.45, 7) is 2.05. The predicted octanol–water partition coefficient (Wildman–Crippen LogP) is -1.62. The highest BCUT2D eigenvalue weighted by Gasteiger charge is 2.37. The molecule has 1 aliphatic rings. The number of amides is 3. The van der Waals surface area contributed by atoms with Gasteiger partial charge in [-0.25, -0.2) is 4.79 Å². The van der Waals surface area contributed by atoms with E-state index in [0.717, 1.165) is 0 Å². The average molecular weight is 506 g/mol. The molecule has 0 saturated carbocycles. The van der Waals surface area contributed by atoms with Gasteiger partial charge >= 0.3 is 5.97 Å². The van der Waals surface area contributed by atoms with Crippen LogP contribution in [0.4, 0.5) is 0 Å². The molecule has 0 aliphatic carbocycles. The number of aromatic hydroxyl groups is 1. The summed E-state index contributed by atoms with van der Waals surface area (Å²) < 4.78 is 0. The van der Waals surface area contributed by atoms with Crippen LogP contribution in [0.2, 0.25) is 0 Å². The highest BCUT2D eigenvalue weighted by molar-refractivity contribution is 5.94. The molecule has 1 saturated heterocycles. The fourth-order valence-electron chi connectivity index (χ4n) is 3.92. The van der Waals surface area contributed by atoms with Gasteiger partial charge < -0.3 is 42.9 Å². The quantitative estimate of drug-likeness (QED) is 0.0982. The lowest BCUT2D eigenvalue weighted by Gasteiger charge is -2.27. The number of nitrogens with two attached hydrogens (primary N) is 3. The molecule has 1 aromatic carbocycles. The number of aliphatic imine (C=N–C) groups is 1. The second-order valence-electron chi connectivity index (χ2n) is 8.75. The lowest BCUT2D eigenvalue weighted by molar-refractivity contribution is -0.149. The first-order chi connectivity index (χ1) is 17.0. The number of aliphatic carboxylic acids is 1. The van der Waals surface area contributed by atoms with Gasteiger partial charge in [-0.15, -0.1) is 0 Å². The molecule has 36 heavy (non-hydrogen) atoms. The van der Waals surface area contributed by atoms with Crippen LogP contribution in [0.5, 0.6) is 5.75 Å². The topological polar surface area (TPSA) is 226 Å². The first-order valence-corrected chi connectivity index (χ1v) is 11.7. The molecule has 4 unspecified atom stereocenters. The largest absolute Gasteiger partial charge is 0.508 e. The highest BCUT2D eigenvalue weighted by atomic mass is 16.4. The van der Waals surface area contributed by atoms with Gasteiger partial charge in [-0.3, -0.25) is 19.4 Å². The number of nitrogens with one attached hydrogen (secondary N) is 2. The second-order valence-corrected chi connectivity index (χ2v) is 8.75. The molecule has 2 rings (SSSR count). The number of likely N-dealkylation sites (tertiary alicyclic amines) is 1. The maximum Gasteiger partial charge on any atom is 0.326 e. The van der Waals surface area contributed by atoms with Crippen LogP contribution in [-0.2, 0) is 25.6 Å². The van der Waals surface area contributed by atoms with Crippen molar-refractivity contribution in [1.29, 1.82) is 0 Å². The smallest absolute Gasteiger partial charge is 0.326 e. The highest BCUT2D eigenvalue weighted by Crippen LogP contribution is 2.18. The van der Waals surface area contributed by atoms with Gasteiger partial charge in [0.1, 0.15) is 23.9 Å². The van der Waals surface area contributed by atoms with Crippen LogP contribution < -0.4 is 27.8 Å². The normalized spacial score (nSPS) is 17.5. The van der Waals surface area contributed by atoms with Crippen LogP contribution in [0.25, 0.3) is 0 Å². The summed E-state index contributed by atoms with van der Waals surface area (Å²) in [6.07, 6.45) is 1.71. The van der Waals surface area contributed by atoms with Crippen LogP contribution in [-0.4, -0.2) is 82.0 Å². The molecule has 4 atom stereocenters. The van der Waals surface area contributed by atoms with E-state index in [4.69, 9.17) is 17.2 Å². The number of guanidine groups is 1. The number of carboxylic acid groups (broad SMARTS) is 1. The number of carboxylic acids is 1. The second kappa shape index (κ2) is 13.3. The van der Waals surface area contributed by atoms with Crippen molar-refractivity contribution in [2.45, 2.75) is 63.2 Å². The number of carbonyl (C=O) groups is 4. The zero-order chi connectivity index (χ0) is 26.8. The lowest BCUT2D eigenvalue weighted by atomic mass is 10.0. The molecule has 0 bridgehead atoms. The molecule has 13 nitrogen and oxygen atoms in total. The number of carbonyl (C=O) groups excluding carboxylic acids is 3. The number of benzene rings is 1. The Hall–Kier alpha value is -3.87. The van der Waals surface area contributed by atoms with E-state index >= 15 is 0 Å². The molecule has 198 valence electrons. The lowest BCUT2D eigenvalue weighted by Crippen LogP contribution is -2.56. The third-order valence-corrected chi connectivity index (χ3v) is 5.86. The van der Waals surface area contributed by atoms with Crippen LogP contribution in [0.15, 0.2) is 29.3 Å². The summed E-state index contributed by atoms with van der Waals surface area (Å²) in [6, 6.07) is 2.18. The Balaban J connectivity index is 2.07. The molecule has 0 aromatic heterocycles. The maximum absolute atomic E-state index is 13.1. The van der Waals surface area contributed by atoms with Crippen molar-refractivity contribution < 1.29 is 29.4 Å². The Morgan fingerprint density at radius 1 is 1.14 bits per heavy atom. The van der Waals surface area contributed by atoms with Gasteiger partial charge in [0, 0.05) is 19.5 Å². The van der Waals surface area contributed by atoms with E-state index in [1.165, 1.54) is 24.0 Å². The van der Waals surface area contributed by atoms with Crippen LogP contribution in [0.1, 0.15) is 38.2 Å². The van der Waals surface area contributed by atoms with Gasteiger partial charge in [-0.05, 0) is 50.3 Å². The Bertz CT molecular complexity index is 964. The van der Waals surface area contributed by atoms with Crippen LogP contribution in [0.3, 0.4) is 0 Å². The van der Waals surface area contributed by atoms with Crippen molar-refractivity contribution in [3.8, 4) is 5.75 Å². The molecule has 13 heteroatoms. The van der Waals surface area contributed by atoms with Crippen LogP contribution in [0, 0.1) is 0 Å². The molecular weight excluding hydrogens is 470 g/mol. The summed E-state index contributed by atoms with van der Waals surface area (Å²) in [4.78, 5) is 55.1. The zero-order valence-corrected chi connectivity index (χ0v) is 20.2. The minimum Gasteiger partial charge on any atom is -0.508 e. The standard InChI is InChI=1S/C23H35N7O6/c1-13(21(34)30-11-3-5-18(30)22(35)36)28-20(33)17(12-14-6-8-15(31)9-7-14)29-19(32)16(24)4-2-10-27-23(25)26/h6-9,13,16-18,31H,2-5,10-12,24H2,1H3,(H,28,33)(H,29,32)(H,35,36)(H4,25,26,27). The van der Waals surface area contributed by atoms with E-state index in [0.29, 0.717) is 37.9 Å². The fraction of sp³-hybridized carbons (Fsp3) is 0.522. The third kappa shape index (κ3) is 8.41. The zero-order valence-electron chi connectivity index (χ0n) is 20.2. The molecule has 0 radical (unpaired) electrons. The average Bonchev–Trinajstić information content (AvgIpc) is 3.32. The predicted molar refractivity (Wildman–Crippen MR) is 132 cm³/mol. The number of rotatable bonds is 12. The number of hydrogen-bond acceptors (Lipinski definition) is 7. The summed E-state index contributed by atoms with van der Waals surface area (Å²) in [7, 11) is 0. The monoisotopic (exact) mass is 505 g/mol. The minimum absolute atomic E-state index is 0.0457. The number of phenols is 1. The van der Waals surface area contributed by atoms with Crippen molar-refractivity contribution in [3.63, 3.8) is 0 Å². The number of phenolic OH excluding ortho intramolecular Hbond substituents is 1. The van der Waals surface area contributed by atoms with Crippen molar-refractivity contribution in [3.05, 3.63) is 29.8 Å². The Morgan fingerprint density at radius 2 is 1.81 bits per heavy atom. The molecular formula is C23H35N7O6. The van der Waals surface area contributed by atoms with Gasteiger partial charge in [-0.1, -0.05) is 12.1 Å². The van der Waals surface area contributed by atoms with E-state index in [-0.39, 0.29) is 24.6 Å². The van der Waals surface area contributed by atoms with E-state index < -0.39 is 47.9 Å². The Morgan fingerprint density at radius 3 is 2.42 bits per heavy atom. The van der Waals surface area contributed by atoms with Gasteiger partial charge in [-0.2, -0.15) is 0 Å². The fourth-order valence-corrected chi connectivity index (χ4v) is 3.92. The maximum atomic E-state index is 13.1. The van der Waals surface area contributed by atoms with Gasteiger partial charge in [0.05, 0.1) is 6.04 Å². The molecule has 1 aliphatic heterocycles. The molecule has 1 fully saturated rings. The Labute approximate surface area is 209 Å². The third-order valence-electron chi connectivity index (χ3n) is 5.86. The molecule has 0 spiro atoms.